The van der Waals surface area contributed by atoms with Crippen LogP contribution in [-0.4, -0.2) is 0 Å². The molecule has 0 spiro atoms. The standard InChI is InChI=1S/C18H25Cl/c1-2-3-13-4-7-15(8-5-13)18(19)12-17-11-14-6-9-16(17)10-14/h4-5,7-8,14,16-18H,2-3,6,9-12H2,1H3. The average molecular weight is 277 g/mol. The van der Waals surface area contributed by atoms with Crippen LogP contribution in [0.1, 0.15) is 62.0 Å². The van der Waals surface area contributed by atoms with E-state index in [0.29, 0.717) is 0 Å². The van der Waals surface area contributed by atoms with E-state index < -0.39 is 0 Å². The minimum absolute atomic E-state index is 0.222. The highest BCUT2D eigenvalue weighted by Gasteiger charge is 2.39. The fraction of sp³-hybridized carbons (Fsp3) is 0.667. The van der Waals surface area contributed by atoms with Crippen LogP contribution in [0.2, 0.25) is 0 Å². The van der Waals surface area contributed by atoms with Gasteiger partial charge in [0.2, 0.25) is 0 Å². The summed E-state index contributed by atoms with van der Waals surface area (Å²) >= 11 is 6.65. The highest BCUT2D eigenvalue weighted by molar-refractivity contribution is 6.20. The number of aryl methyl sites for hydroxylation is 1. The summed E-state index contributed by atoms with van der Waals surface area (Å²) in [6, 6.07) is 9.01. The second-order valence-electron chi connectivity index (χ2n) is 6.63. The third-order valence-electron chi connectivity index (χ3n) is 5.27. The molecule has 19 heavy (non-hydrogen) atoms. The number of fused-ring (bicyclic) bond motifs is 2. The fourth-order valence-corrected chi connectivity index (χ4v) is 4.62. The van der Waals surface area contributed by atoms with Gasteiger partial charge in [0.05, 0.1) is 5.38 Å². The molecule has 2 fully saturated rings. The van der Waals surface area contributed by atoms with Gasteiger partial charge in [0.1, 0.15) is 0 Å². The molecule has 2 aliphatic rings. The monoisotopic (exact) mass is 276 g/mol. The summed E-state index contributed by atoms with van der Waals surface area (Å²) in [6.07, 6.45) is 9.48. The lowest BCUT2D eigenvalue weighted by Crippen LogP contribution is -2.12. The Morgan fingerprint density at radius 2 is 1.95 bits per heavy atom. The zero-order valence-electron chi connectivity index (χ0n) is 11.9. The number of halogens is 1. The molecular formula is C18H25Cl. The lowest BCUT2D eigenvalue weighted by molar-refractivity contribution is 0.312. The molecule has 1 aromatic carbocycles. The van der Waals surface area contributed by atoms with Gasteiger partial charge >= 0.3 is 0 Å². The summed E-state index contributed by atoms with van der Waals surface area (Å²) in [5, 5.41) is 0.222. The van der Waals surface area contributed by atoms with E-state index in [1.165, 1.54) is 56.1 Å². The van der Waals surface area contributed by atoms with E-state index in [0.717, 1.165) is 17.8 Å². The molecule has 0 nitrogen and oxygen atoms in total. The molecule has 0 heterocycles. The molecule has 4 atom stereocenters. The van der Waals surface area contributed by atoms with Crippen molar-refractivity contribution in [1.29, 1.82) is 0 Å². The molecule has 3 rings (SSSR count). The number of benzene rings is 1. The van der Waals surface area contributed by atoms with Crippen molar-refractivity contribution >= 4 is 11.6 Å². The molecule has 1 aromatic rings. The summed E-state index contributed by atoms with van der Waals surface area (Å²) < 4.78 is 0. The molecule has 0 saturated heterocycles. The predicted octanol–water partition coefficient (Wildman–Crippen LogP) is 5.75. The van der Waals surface area contributed by atoms with Crippen molar-refractivity contribution in [3.8, 4) is 0 Å². The second kappa shape index (κ2) is 5.87. The molecule has 104 valence electrons. The number of hydrogen-bond acceptors (Lipinski definition) is 0. The minimum Gasteiger partial charge on any atom is -0.118 e. The van der Waals surface area contributed by atoms with E-state index in [1.54, 1.807) is 0 Å². The van der Waals surface area contributed by atoms with Crippen LogP contribution in [0.3, 0.4) is 0 Å². The van der Waals surface area contributed by atoms with Crippen molar-refractivity contribution in [3.05, 3.63) is 35.4 Å². The Hall–Kier alpha value is -0.490. The Morgan fingerprint density at radius 3 is 2.53 bits per heavy atom. The Balaban J connectivity index is 1.59. The maximum absolute atomic E-state index is 6.65. The lowest BCUT2D eigenvalue weighted by atomic mass is 9.84. The Bertz CT molecular complexity index is 408. The summed E-state index contributed by atoms with van der Waals surface area (Å²) in [4.78, 5) is 0. The van der Waals surface area contributed by atoms with Gasteiger partial charge in [-0.3, -0.25) is 0 Å². The van der Waals surface area contributed by atoms with Gasteiger partial charge in [0, 0.05) is 0 Å². The van der Waals surface area contributed by atoms with E-state index in [4.69, 9.17) is 11.6 Å². The van der Waals surface area contributed by atoms with E-state index in [9.17, 15) is 0 Å². The largest absolute Gasteiger partial charge is 0.118 e. The molecule has 0 N–H and O–H groups in total. The van der Waals surface area contributed by atoms with Gasteiger partial charge in [-0.25, -0.2) is 0 Å². The maximum atomic E-state index is 6.65. The quantitative estimate of drug-likeness (QED) is 0.601. The number of rotatable bonds is 5. The summed E-state index contributed by atoms with van der Waals surface area (Å²) in [7, 11) is 0. The highest BCUT2D eigenvalue weighted by atomic mass is 35.5. The van der Waals surface area contributed by atoms with Crippen LogP contribution in [0.5, 0.6) is 0 Å². The predicted molar refractivity (Wildman–Crippen MR) is 82.6 cm³/mol. The first kappa shape index (κ1) is 13.5. The third kappa shape index (κ3) is 2.99. The van der Waals surface area contributed by atoms with Crippen LogP contribution >= 0.6 is 11.6 Å². The van der Waals surface area contributed by atoms with Gasteiger partial charge in [-0.2, -0.15) is 0 Å². The molecule has 2 bridgehead atoms. The molecule has 0 amide bonds. The third-order valence-corrected chi connectivity index (χ3v) is 5.70. The normalized spacial score (nSPS) is 30.7. The van der Waals surface area contributed by atoms with Crippen LogP contribution < -0.4 is 0 Å². The highest BCUT2D eigenvalue weighted by Crippen LogP contribution is 2.51. The summed E-state index contributed by atoms with van der Waals surface area (Å²) in [5.41, 5.74) is 2.76. The average Bonchev–Trinajstić information content (AvgIpc) is 3.02. The Labute approximate surface area is 122 Å². The van der Waals surface area contributed by atoms with Crippen molar-refractivity contribution in [2.24, 2.45) is 17.8 Å². The van der Waals surface area contributed by atoms with Gasteiger partial charge in [0.25, 0.3) is 0 Å². The van der Waals surface area contributed by atoms with Gasteiger partial charge in [0.15, 0.2) is 0 Å². The molecule has 2 aliphatic carbocycles. The number of alkyl halides is 1. The molecule has 0 radical (unpaired) electrons. The van der Waals surface area contributed by atoms with Crippen molar-refractivity contribution in [3.63, 3.8) is 0 Å². The fourth-order valence-electron chi connectivity index (χ4n) is 4.25. The van der Waals surface area contributed by atoms with Crippen LogP contribution in [0.15, 0.2) is 24.3 Å². The lowest BCUT2D eigenvalue weighted by Gasteiger charge is -2.24. The van der Waals surface area contributed by atoms with Crippen LogP contribution in [-0.2, 0) is 6.42 Å². The van der Waals surface area contributed by atoms with Gasteiger partial charge in [-0.15, -0.1) is 11.6 Å². The summed E-state index contributed by atoms with van der Waals surface area (Å²) in [5.74, 6) is 2.92. The molecule has 2 saturated carbocycles. The molecule has 4 unspecified atom stereocenters. The van der Waals surface area contributed by atoms with Gasteiger partial charge in [-0.1, -0.05) is 44.0 Å². The molecule has 0 aromatic heterocycles. The summed E-state index contributed by atoms with van der Waals surface area (Å²) in [6.45, 7) is 2.23. The number of hydrogen-bond donors (Lipinski definition) is 0. The van der Waals surface area contributed by atoms with Gasteiger partial charge in [-0.05, 0) is 61.0 Å². The Morgan fingerprint density at radius 1 is 1.16 bits per heavy atom. The smallest absolute Gasteiger partial charge is 0.0588 e. The van der Waals surface area contributed by atoms with E-state index >= 15 is 0 Å². The molecular weight excluding hydrogens is 252 g/mol. The molecule has 1 heteroatoms. The maximum Gasteiger partial charge on any atom is 0.0588 e. The SMILES string of the molecule is CCCc1ccc(C(Cl)CC2CC3CCC2C3)cc1. The Kier molecular flexibility index (Phi) is 4.17. The van der Waals surface area contributed by atoms with Crippen LogP contribution in [0.4, 0.5) is 0 Å². The van der Waals surface area contributed by atoms with Crippen molar-refractivity contribution in [2.75, 3.05) is 0 Å². The van der Waals surface area contributed by atoms with Crippen molar-refractivity contribution in [1.82, 2.24) is 0 Å². The first-order chi connectivity index (χ1) is 9.26. The van der Waals surface area contributed by atoms with E-state index in [-0.39, 0.29) is 5.38 Å². The van der Waals surface area contributed by atoms with Crippen molar-refractivity contribution < 1.29 is 0 Å². The van der Waals surface area contributed by atoms with E-state index in [1.807, 2.05) is 0 Å². The van der Waals surface area contributed by atoms with Crippen LogP contribution in [0.25, 0.3) is 0 Å². The topological polar surface area (TPSA) is 0 Å². The van der Waals surface area contributed by atoms with Gasteiger partial charge < -0.3 is 0 Å². The van der Waals surface area contributed by atoms with Crippen molar-refractivity contribution in [2.45, 2.75) is 57.2 Å². The first-order valence-electron chi connectivity index (χ1n) is 7.99. The first-order valence-corrected chi connectivity index (χ1v) is 8.42. The zero-order chi connectivity index (χ0) is 13.2. The minimum atomic E-state index is 0.222. The van der Waals surface area contributed by atoms with E-state index in [2.05, 4.69) is 31.2 Å². The second-order valence-corrected chi connectivity index (χ2v) is 7.16. The zero-order valence-corrected chi connectivity index (χ0v) is 12.7. The van der Waals surface area contributed by atoms with Crippen LogP contribution in [0, 0.1) is 17.8 Å². The molecule has 0 aliphatic heterocycles.